The van der Waals surface area contributed by atoms with Crippen molar-refractivity contribution in [3.63, 3.8) is 0 Å². The number of morpholine rings is 1. The van der Waals surface area contributed by atoms with Gasteiger partial charge in [0.25, 0.3) is 0 Å². The first-order valence-corrected chi connectivity index (χ1v) is 6.44. The zero-order chi connectivity index (χ0) is 12.2. The average Bonchev–Trinajstić information content (AvgIpc) is 2.89. The van der Waals surface area contributed by atoms with Crippen LogP contribution in [0.5, 0.6) is 0 Å². The van der Waals surface area contributed by atoms with Crippen LogP contribution in [0.1, 0.15) is 17.2 Å². The monoisotopic (exact) mass is 242 g/mol. The van der Waals surface area contributed by atoms with E-state index in [4.69, 9.17) is 4.74 Å². The fourth-order valence-electron chi connectivity index (χ4n) is 2.32. The molecule has 0 amide bonds. The van der Waals surface area contributed by atoms with Crippen LogP contribution in [-0.2, 0) is 11.3 Å². The van der Waals surface area contributed by atoms with Crippen LogP contribution >= 0.6 is 0 Å². The van der Waals surface area contributed by atoms with E-state index in [0.717, 1.165) is 26.2 Å². The molecule has 2 aromatic rings. The van der Waals surface area contributed by atoms with Crippen LogP contribution in [0, 0.1) is 0 Å². The molecule has 0 aliphatic carbocycles. The summed E-state index contributed by atoms with van der Waals surface area (Å²) in [7, 11) is 0. The first-order valence-electron chi connectivity index (χ1n) is 6.44. The molecule has 1 atom stereocenters. The molecule has 1 aliphatic rings. The lowest BCUT2D eigenvalue weighted by Crippen LogP contribution is -2.33. The van der Waals surface area contributed by atoms with Gasteiger partial charge in [-0.05, 0) is 17.2 Å². The van der Waals surface area contributed by atoms with Gasteiger partial charge in [0, 0.05) is 32.0 Å². The van der Waals surface area contributed by atoms with Gasteiger partial charge in [0.2, 0.25) is 0 Å². The highest BCUT2D eigenvalue weighted by Gasteiger charge is 2.16. The summed E-state index contributed by atoms with van der Waals surface area (Å²) < 4.78 is 7.96. The molecule has 1 unspecified atom stereocenters. The maximum absolute atomic E-state index is 5.75. The molecule has 0 radical (unpaired) electrons. The van der Waals surface area contributed by atoms with Gasteiger partial charge in [-0.15, -0.1) is 0 Å². The highest BCUT2D eigenvalue weighted by atomic mass is 16.5. The van der Waals surface area contributed by atoms with Crippen molar-refractivity contribution in [1.82, 2.24) is 9.88 Å². The maximum Gasteiger partial charge on any atom is 0.0964 e. The van der Waals surface area contributed by atoms with Crippen LogP contribution in [0.4, 0.5) is 0 Å². The highest BCUT2D eigenvalue weighted by molar-refractivity contribution is 5.19. The summed E-state index contributed by atoms with van der Waals surface area (Å²) in [5.74, 6) is 0. The molecule has 1 N–H and O–H groups in total. The van der Waals surface area contributed by atoms with Crippen molar-refractivity contribution in [3.05, 3.63) is 59.9 Å². The highest BCUT2D eigenvalue weighted by Crippen LogP contribution is 2.19. The summed E-state index contributed by atoms with van der Waals surface area (Å²) in [6.07, 6.45) is 4.51. The van der Waals surface area contributed by atoms with Crippen molar-refractivity contribution in [2.24, 2.45) is 0 Å². The molecular formula is C15H18N2O. The number of rotatable bonds is 3. The Kier molecular flexibility index (Phi) is 3.44. The first-order chi connectivity index (χ1) is 8.92. The molecule has 3 rings (SSSR count). The summed E-state index contributed by atoms with van der Waals surface area (Å²) in [6, 6.07) is 12.7. The third-order valence-corrected chi connectivity index (χ3v) is 3.28. The van der Waals surface area contributed by atoms with E-state index in [-0.39, 0.29) is 6.10 Å². The van der Waals surface area contributed by atoms with E-state index in [1.54, 1.807) is 0 Å². The zero-order valence-corrected chi connectivity index (χ0v) is 10.4. The minimum atomic E-state index is 0.204. The summed E-state index contributed by atoms with van der Waals surface area (Å²) in [6.45, 7) is 3.59. The Morgan fingerprint density at radius 3 is 2.89 bits per heavy atom. The van der Waals surface area contributed by atoms with Crippen molar-refractivity contribution in [3.8, 4) is 0 Å². The molecular weight excluding hydrogens is 224 g/mol. The van der Waals surface area contributed by atoms with Crippen LogP contribution in [0.25, 0.3) is 0 Å². The third kappa shape index (κ3) is 2.63. The molecule has 1 saturated heterocycles. The Morgan fingerprint density at radius 2 is 2.11 bits per heavy atom. The lowest BCUT2D eigenvalue weighted by atomic mass is 10.2. The Morgan fingerprint density at radius 1 is 1.22 bits per heavy atom. The summed E-state index contributed by atoms with van der Waals surface area (Å²) >= 11 is 0. The van der Waals surface area contributed by atoms with Crippen LogP contribution in [-0.4, -0.2) is 24.3 Å². The van der Waals surface area contributed by atoms with Gasteiger partial charge in [-0.1, -0.05) is 30.3 Å². The maximum atomic E-state index is 5.75. The summed E-state index contributed by atoms with van der Waals surface area (Å²) in [5, 5.41) is 3.36. The van der Waals surface area contributed by atoms with Crippen LogP contribution < -0.4 is 5.32 Å². The smallest absolute Gasteiger partial charge is 0.0964 e. The number of nitrogens with zero attached hydrogens (tertiary/aromatic N) is 1. The third-order valence-electron chi connectivity index (χ3n) is 3.28. The topological polar surface area (TPSA) is 26.2 Å². The fourth-order valence-corrected chi connectivity index (χ4v) is 2.32. The van der Waals surface area contributed by atoms with E-state index in [0.29, 0.717) is 0 Å². The number of benzene rings is 1. The summed E-state index contributed by atoms with van der Waals surface area (Å²) in [5.41, 5.74) is 2.58. The minimum Gasteiger partial charge on any atom is -0.371 e. The lowest BCUT2D eigenvalue weighted by Gasteiger charge is -2.22. The largest absolute Gasteiger partial charge is 0.371 e. The van der Waals surface area contributed by atoms with E-state index in [9.17, 15) is 0 Å². The molecule has 1 aliphatic heterocycles. The predicted molar refractivity (Wildman–Crippen MR) is 71.5 cm³/mol. The molecule has 1 aromatic heterocycles. The SMILES string of the molecule is c1ccc(Cn2ccc(C3CNCCO3)c2)cc1. The van der Waals surface area contributed by atoms with E-state index < -0.39 is 0 Å². The van der Waals surface area contributed by atoms with Gasteiger partial charge in [0.05, 0.1) is 12.7 Å². The molecule has 94 valence electrons. The van der Waals surface area contributed by atoms with Gasteiger partial charge in [0.15, 0.2) is 0 Å². The van der Waals surface area contributed by atoms with E-state index in [1.165, 1.54) is 11.1 Å². The van der Waals surface area contributed by atoms with Crippen LogP contribution in [0.15, 0.2) is 48.8 Å². The van der Waals surface area contributed by atoms with E-state index in [1.807, 2.05) is 6.07 Å². The quantitative estimate of drug-likeness (QED) is 0.893. The second-order valence-corrected chi connectivity index (χ2v) is 4.67. The van der Waals surface area contributed by atoms with Crippen molar-refractivity contribution in [2.45, 2.75) is 12.6 Å². The Labute approximate surface area is 107 Å². The fraction of sp³-hybridized carbons (Fsp3) is 0.333. The Balaban J connectivity index is 1.69. The standard InChI is InChI=1S/C15H18N2O/c1-2-4-13(5-3-1)11-17-8-6-14(12-17)15-10-16-7-9-18-15/h1-6,8,12,15-16H,7,9-11H2. The molecule has 1 fully saturated rings. The van der Waals surface area contributed by atoms with Crippen molar-refractivity contribution < 1.29 is 4.74 Å². The van der Waals surface area contributed by atoms with Crippen molar-refractivity contribution >= 4 is 0 Å². The van der Waals surface area contributed by atoms with Gasteiger partial charge in [-0.3, -0.25) is 0 Å². The number of nitrogens with one attached hydrogen (secondary N) is 1. The Hall–Kier alpha value is -1.58. The van der Waals surface area contributed by atoms with Crippen molar-refractivity contribution in [2.75, 3.05) is 19.7 Å². The number of hydrogen-bond acceptors (Lipinski definition) is 2. The van der Waals surface area contributed by atoms with E-state index >= 15 is 0 Å². The van der Waals surface area contributed by atoms with Crippen molar-refractivity contribution in [1.29, 1.82) is 0 Å². The Bertz CT molecular complexity index is 486. The average molecular weight is 242 g/mol. The molecule has 2 heterocycles. The van der Waals surface area contributed by atoms with Gasteiger partial charge in [-0.2, -0.15) is 0 Å². The van der Waals surface area contributed by atoms with Gasteiger partial charge in [-0.25, -0.2) is 0 Å². The second kappa shape index (κ2) is 5.38. The number of ether oxygens (including phenoxy) is 1. The van der Waals surface area contributed by atoms with Crippen LogP contribution in [0.3, 0.4) is 0 Å². The predicted octanol–water partition coefficient (Wildman–Crippen LogP) is 2.20. The molecule has 0 spiro atoms. The molecule has 3 nitrogen and oxygen atoms in total. The van der Waals surface area contributed by atoms with Gasteiger partial charge >= 0.3 is 0 Å². The zero-order valence-electron chi connectivity index (χ0n) is 10.4. The first kappa shape index (κ1) is 11.5. The molecule has 0 bridgehead atoms. The van der Waals surface area contributed by atoms with Gasteiger partial charge in [0.1, 0.15) is 0 Å². The summed E-state index contributed by atoms with van der Waals surface area (Å²) in [4.78, 5) is 0. The van der Waals surface area contributed by atoms with E-state index in [2.05, 4.69) is 52.6 Å². The normalized spacial score (nSPS) is 19.9. The molecule has 3 heteroatoms. The van der Waals surface area contributed by atoms with Crippen LogP contribution in [0.2, 0.25) is 0 Å². The number of aromatic nitrogens is 1. The second-order valence-electron chi connectivity index (χ2n) is 4.67. The van der Waals surface area contributed by atoms with Gasteiger partial charge < -0.3 is 14.6 Å². The molecule has 18 heavy (non-hydrogen) atoms. The minimum absolute atomic E-state index is 0.204. The number of hydrogen-bond donors (Lipinski definition) is 1. The molecule has 0 saturated carbocycles. The lowest BCUT2D eigenvalue weighted by molar-refractivity contribution is 0.0277. The molecule has 1 aromatic carbocycles.